The highest BCUT2D eigenvalue weighted by molar-refractivity contribution is 7.12. The summed E-state index contributed by atoms with van der Waals surface area (Å²) in [6.07, 6.45) is 4.53. The molecule has 10 nitrogen and oxygen atoms in total. The van der Waals surface area contributed by atoms with E-state index in [0.717, 1.165) is 43.6 Å². The molecule has 258 valence electrons. The van der Waals surface area contributed by atoms with E-state index in [0.29, 0.717) is 37.5 Å². The lowest BCUT2D eigenvalue weighted by Crippen LogP contribution is -2.52. The molecule has 3 aliphatic heterocycles. The second kappa shape index (κ2) is 15.3. The number of methoxy groups -OCH3 is 2. The SMILES string of the molecule is COc1ccc([C@H](Cc2c(Cl)c[n+]([O-])cc2Cl)c2sc(CNC(C(=O)O[C@H]3CN4CCC3CC4)c3ccccc3)cc2C(=O)O)cc1OC. The highest BCUT2D eigenvalue weighted by atomic mass is 35.5. The van der Waals surface area contributed by atoms with Gasteiger partial charge in [-0.3, -0.25) is 10.2 Å². The fourth-order valence-corrected chi connectivity index (χ4v) is 8.61. The van der Waals surface area contributed by atoms with Crippen molar-refractivity contribution in [1.29, 1.82) is 0 Å². The summed E-state index contributed by atoms with van der Waals surface area (Å²) in [5, 5.41) is 26.1. The van der Waals surface area contributed by atoms with Gasteiger partial charge in [0.05, 0.1) is 19.8 Å². The van der Waals surface area contributed by atoms with Gasteiger partial charge in [-0.2, -0.15) is 4.73 Å². The van der Waals surface area contributed by atoms with Crippen LogP contribution in [-0.4, -0.2) is 61.9 Å². The maximum absolute atomic E-state index is 13.7. The number of piperidine rings is 3. The average molecular weight is 727 g/mol. The summed E-state index contributed by atoms with van der Waals surface area (Å²) in [6, 6.07) is 15.7. The van der Waals surface area contributed by atoms with Crippen molar-refractivity contribution in [3.05, 3.63) is 114 Å². The number of halogens is 2. The lowest BCUT2D eigenvalue weighted by molar-refractivity contribution is -0.605. The number of carbonyl (C=O) groups is 2. The number of carboxylic acid groups (broad SMARTS) is 1. The number of rotatable bonds is 13. The van der Waals surface area contributed by atoms with Crippen molar-refractivity contribution < 1.29 is 33.6 Å². The Balaban J connectivity index is 1.33. The Labute approximate surface area is 298 Å². The predicted octanol–water partition coefficient (Wildman–Crippen LogP) is 6.25. The molecule has 13 heteroatoms. The second-order valence-corrected chi connectivity index (χ2v) is 14.3. The highest BCUT2D eigenvalue weighted by Crippen LogP contribution is 2.42. The summed E-state index contributed by atoms with van der Waals surface area (Å²) < 4.78 is 17.7. The first kappa shape index (κ1) is 35.0. The van der Waals surface area contributed by atoms with Gasteiger partial charge in [-0.1, -0.05) is 59.6 Å². The number of esters is 1. The van der Waals surface area contributed by atoms with Crippen LogP contribution in [-0.2, 0) is 22.5 Å². The number of ether oxygens (including phenoxy) is 3. The Morgan fingerprint density at radius 2 is 1.71 bits per heavy atom. The Kier molecular flexibility index (Phi) is 11.0. The van der Waals surface area contributed by atoms with Crippen molar-refractivity contribution in [3.63, 3.8) is 0 Å². The Hall–Kier alpha value is -3.87. The molecule has 49 heavy (non-hydrogen) atoms. The number of thiophene rings is 1. The topological polar surface area (TPSA) is 124 Å². The molecule has 7 rings (SSSR count). The van der Waals surface area contributed by atoms with Gasteiger partial charge in [0.25, 0.3) is 0 Å². The fraction of sp³-hybridized carbons (Fsp3) is 0.361. The van der Waals surface area contributed by atoms with Crippen molar-refractivity contribution in [3.8, 4) is 11.5 Å². The van der Waals surface area contributed by atoms with Gasteiger partial charge in [-0.05, 0) is 67.6 Å². The Morgan fingerprint density at radius 1 is 1.02 bits per heavy atom. The second-order valence-electron chi connectivity index (χ2n) is 12.3. The standard InChI is InChI=1S/C36H37Cl2N3O7S/c1-46-30-9-8-23(14-31(30)47-2)25(16-26-28(37)18-41(45)19-29(26)38)34-27(35(42)43)15-24(49-34)17-39-33(22-6-4-3-5-7-22)36(44)48-32-20-40-12-10-21(32)11-13-40/h3-9,14-15,18-19,21,25,32-33,39H,10-13,16-17,20H2,1-2H3,(H,42,43)/t25-,32-,33?/m0/s1. The van der Waals surface area contributed by atoms with E-state index in [1.807, 2.05) is 36.4 Å². The normalized spacial score (nSPS) is 19.6. The van der Waals surface area contributed by atoms with E-state index in [1.165, 1.54) is 38.0 Å². The fourth-order valence-electron chi connectivity index (χ4n) is 6.78. The van der Waals surface area contributed by atoms with Crippen LogP contribution in [0.25, 0.3) is 0 Å². The molecular weight excluding hydrogens is 689 g/mol. The molecule has 1 unspecified atom stereocenters. The van der Waals surface area contributed by atoms with Gasteiger partial charge in [-0.15, -0.1) is 11.3 Å². The smallest absolute Gasteiger partial charge is 0.336 e. The predicted molar refractivity (Wildman–Crippen MR) is 187 cm³/mol. The van der Waals surface area contributed by atoms with Crippen molar-refractivity contribution in [2.45, 2.75) is 43.9 Å². The third-order valence-corrected chi connectivity index (χ3v) is 11.2. The zero-order valence-electron chi connectivity index (χ0n) is 27.1. The van der Waals surface area contributed by atoms with Crippen LogP contribution < -0.4 is 19.5 Å². The minimum Gasteiger partial charge on any atom is -0.619 e. The molecule has 0 aliphatic carbocycles. The summed E-state index contributed by atoms with van der Waals surface area (Å²) >= 11 is 14.3. The van der Waals surface area contributed by atoms with Gasteiger partial charge >= 0.3 is 11.9 Å². The van der Waals surface area contributed by atoms with Crippen LogP contribution in [0.2, 0.25) is 10.0 Å². The number of aromatic nitrogens is 1. The van der Waals surface area contributed by atoms with E-state index >= 15 is 0 Å². The number of fused-ring (bicyclic) bond motifs is 3. The van der Waals surface area contributed by atoms with E-state index in [2.05, 4.69) is 10.2 Å². The number of hydrogen-bond donors (Lipinski definition) is 2. The third-order valence-electron chi connectivity index (χ3n) is 9.35. The van der Waals surface area contributed by atoms with Crippen LogP contribution in [0.15, 0.2) is 67.0 Å². The van der Waals surface area contributed by atoms with E-state index in [9.17, 15) is 19.9 Å². The molecule has 3 saturated heterocycles. The number of nitrogens with zero attached hydrogens (tertiary/aromatic N) is 2. The van der Waals surface area contributed by atoms with E-state index in [-0.39, 0.29) is 40.6 Å². The molecule has 0 spiro atoms. The Morgan fingerprint density at radius 3 is 2.33 bits per heavy atom. The number of pyridine rings is 1. The largest absolute Gasteiger partial charge is 0.619 e. The van der Waals surface area contributed by atoms with Crippen LogP contribution in [0.4, 0.5) is 0 Å². The van der Waals surface area contributed by atoms with Gasteiger partial charge in [-0.25, -0.2) is 9.59 Å². The minimum absolute atomic E-state index is 0.106. The van der Waals surface area contributed by atoms with Crippen LogP contribution in [0, 0.1) is 11.1 Å². The number of hydrogen-bond acceptors (Lipinski definition) is 9. The van der Waals surface area contributed by atoms with Crippen molar-refractivity contribution in [2.75, 3.05) is 33.9 Å². The van der Waals surface area contributed by atoms with Crippen molar-refractivity contribution in [2.24, 2.45) is 5.92 Å². The zero-order valence-corrected chi connectivity index (χ0v) is 29.4. The summed E-state index contributed by atoms with van der Waals surface area (Å²) in [7, 11) is 3.06. The molecule has 3 atom stereocenters. The number of nitrogens with one attached hydrogen (secondary N) is 1. The molecule has 0 amide bonds. The first-order valence-corrected chi connectivity index (χ1v) is 17.6. The molecule has 3 fully saturated rings. The van der Waals surface area contributed by atoms with Crippen LogP contribution in [0.3, 0.4) is 0 Å². The quantitative estimate of drug-likeness (QED) is 0.0936. The number of carbonyl (C=O) groups excluding carboxylic acids is 1. The summed E-state index contributed by atoms with van der Waals surface area (Å²) in [5.74, 6) is -0.662. The third kappa shape index (κ3) is 7.81. The van der Waals surface area contributed by atoms with E-state index in [4.69, 9.17) is 37.4 Å². The maximum atomic E-state index is 13.7. The minimum atomic E-state index is -1.10. The summed E-state index contributed by atoms with van der Waals surface area (Å²) in [5.41, 5.74) is 2.10. The molecule has 2 aromatic carbocycles. The lowest BCUT2D eigenvalue weighted by atomic mass is 9.86. The molecule has 2 aromatic heterocycles. The summed E-state index contributed by atoms with van der Waals surface area (Å²) in [4.78, 5) is 30.1. The first-order valence-electron chi connectivity index (χ1n) is 16.0. The maximum Gasteiger partial charge on any atom is 0.336 e. The molecule has 2 bridgehead atoms. The lowest BCUT2D eigenvalue weighted by Gasteiger charge is -2.44. The van der Waals surface area contributed by atoms with Gasteiger partial charge in [0.2, 0.25) is 0 Å². The molecule has 3 aliphatic rings. The van der Waals surface area contributed by atoms with Crippen LogP contribution in [0.5, 0.6) is 11.5 Å². The first-order chi connectivity index (χ1) is 23.6. The van der Waals surface area contributed by atoms with Crippen LogP contribution in [0.1, 0.15) is 61.6 Å². The van der Waals surface area contributed by atoms with Crippen molar-refractivity contribution >= 4 is 46.5 Å². The molecule has 4 aromatic rings. The molecular formula is C36H37Cl2N3O7S. The highest BCUT2D eigenvalue weighted by Gasteiger charge is 2.38. The number of benzene rings is 2. The molecule has 5 heterocycles. The van der Waals surface area contributed by atoms with Gasteiger partial charge < -0.3 is 24.5 Å². The van der Waals surface area contributed by atoms with Gasteiger partial charge in [0, 0.05) is 34.3 Å². The average Bonchev–Trinajstić information content (AvgIpc) is 3.53. The monoisotopic (exact) mass is 725 g/mol. The van der Waals surface area contributed by atoms with Crippen molar-refractivity contribution in [1.82, 2.24) is 10.2 Å². The Bertz CT molecular complexity index is 1790. The molecule has 0 saturated carbocycles. The van der Waals surface area contributed by atoms with Gasteiger partial charge in [0.15, 0.2) is 23.9 Å². The van der Waals surface area contributed by atoms with E-state index < -0.39 is 17.9 Å². The zero-order chi connectivity index (χ0) is 34.7. The van der Waals surface area contributed by atoms with Crippen LogP contribution >= 0.6 is 34.5 Å². The molecule has 0 radical (unpaired) electrons. The molecule has 2 N–H and O–H groups in total. The van der Waals surface area contributed by atoms with E-state index in [1.54, 1.807) is 18.2 Å². The number of aromatic carboxylic acids is 1. The van der Waals surface area contributed by atoms with Gasteiger partial charge in [0.1, 0.15) is 22.2 Å². The summed E-state index contributed by atoms with van der Waals surface area (Å²) in [6.45, 7) is 3.03. The number of carboxylic acids is 1.